The summed E-state index contributed by atoms with van der Waals surface area (Å²) < 4.78 is 33.4. The molecule has 7 heteroatoms. The third kappa shape index (κ3) is 4.77. The minimum absolute atomic E-state index is 0.116. The zero-order chi connectivity index (χ0) is 16.0. The highest BCUT2D eigenvalue weighted by atomic mass is 32.2. The molecule has 0 N–H and O–H groups in total. The van der Waals surface area contributed by atoms with Crippen LogP contribution in [0.5, 0.6) is 0 Å². The summed E-state index contributed by atoms with van der Waals surface area (Å²) in [6, 6.07) is 0. The van der Waals surface area contributed by atoms with Crippen LogP contribution in [0.3, 0.4) is 0 Å². The smallest absolute Gasteiger partial charge is 0.323 e. The predicted octanol–water partition coefficient (Wildman–Crippen LogP) is 1.33. The quantitative estimate of drug-likeness (QED) is 0.496. The van der Waals surface area contributed by atoms with E-state index in [4.69, 9.17) is 9.47 Å². The number of hydrogen-bond acceptors (Lipinski definition) is 6. The molecular weight excluding hydrogens is 284 g/mol. The van der Waals surface area contributed by atoms with Gasteiger partial charge in [-0.25, -0.2) is 8.42 Å². The van der Waals surface area contributed by atoms with Crippen LogP contribution in [-0.4, -0.2) is 44.6 Å². The van der Waals surface area contributed by atoms with Crippen molar-refractivity contribution in [3.8, 4) is 0 Å². The number of carbonyl (C=O) groups excluding carboxylic acids is 2. The van der Waals surface area contributed by atoms with Crippen molar-refractivity contribution in [1.82, 2.24) is 0 Å². The highest BCUT2D eigenvalue weighted by Crippen LogP contribution is 2.27. The molecule has 0 rings (SSSR count). The Morgan fingerprint density at radius 3 is 1.75 bits per heavy atom. The molecule has 0 saturated heterocycles. The van der Waals surface area contributed by atoms with Crippen molar-refractivity contribution >= 4 is 21.8 Å². The van der Waals surface area contributed by atoms with Gasteiger partial charge in [0.1, 0.15) is 0 Å². The van der Waals surface area contributed by atoms with Crippen molar-refractivity contribution in [2.75, 3.05) is 19.0 Å². The zero-order valence-corrected chi connectivity index (χ0v) is 13.6. The van der Waals surface area contributed by atoms with Gasteiger partial charge < -0.3 is 9.47 Å². The van der Waals surface area contributed by atoms with Crippen molar-refractivity contribution in [2.24, 2.45) is 5.41 Å². The van der Waals surface area contributed by atoms with E-state index >= 15 is 0 Å². The van der Waals surface area contributed by atoms with E-state index in [9.17, 15) is 18.0 Å². The van der Waals surface area contributed by atoms with E-state index in [1.165, 1.54) is 6.92 Å². The summed E-state index contributed by atoms with van der Waals surface area (Å²) in [6.07, 6.45) is -0.148. The number of esters is 2. The first-order valence-electron chi connectivity index (χ1n) is 6.67. The Morgan fingerprint density at radius 2 is 1.45 bits per heavy atom. The molecule has 0 spiro atoms. The number of carbonyl (C=O) groups is 2. The number of rotatable bonds is 8. The Labute approximate surface area is 120 Å². The van der Waals surface area contributed by atoms with Crippen molar-refractivity contribution in [1.29, 1.82) is 0 Å². The van der Waals surface area contributed by atoms with E-state index in [1.54, 1.807) is 27.7 Å². The van der Waals surface area contributed by atoms with E-state index in [-0.39, 0.29) is 25.4 Å². The third-order valence-electron chi connectivity index (χ3n) is 3.06. The fourth-order valence-corrected chi connectivity index (χ4v) is 2.61. The van der Waals surface area contributed by atoms with E-state index in [0.717, 1.165) is 0 Å². The molecule has 20 heavy (non-hydrogen) atoms. The fraction of sp³-hybridized carbons (Fsp3) is 0.846. The topological polar surface area (TPSA) is 86.7 Å². The zero-order valence-electron chi connectivity index (χ0n) is 12.8. The summed E-state index contributed by atoms with van der Waals surface area (Å²) in [5.41, 5.74) is -1.59. The largest absolute Gasteiger partial charge is 0.465 e. The first-order valence-corrected chi connectivity index (χ1v) is 8.39. The molecule has 0 unspecified atom stereocenters. The molecule has 0 aromatic rings. The standard InChI is InChI=1S/C13H24O6S/c1-6-18-11(14)13(5,12(15)19-7-2)8-9-20(16,17)10(3)4/h10H,6-9H2,1-5H3. The van der Waals surface area contributed by atoms with E-state index < -0.39 is 32.4 Å². The van der Waals surface area contributed by atoms with Crippen molar-refractivity contribution in [2.45, 2.75) is 46.3 Å². The van der Waals surface area contributed by atoms with Crippen molar-refractivity contribution in [3.05, 3.63) is 0 Å². The lowest BCUT2D eigenvalue weighted by Crippen LogP contribution is -2.41. The molecule has 118 valence electrons. The Hall–Kier alpha value is -1.11. The van der Waals surface area contributed by atoms with Crippen LogP contribution in [0.25, 0.3) is 0 Å². The molecular formula is C13H24O6S. The van der Waals surface area contributed by atoms with Gasteiger partial charge in [-0.3, -0.25) is 9.59 Å². The SMILES string of the molecule is CCOC(=O)C(C)(CCS(=O)(=O)C(C)C)C(=O)OCC. The predicted molar refractivity (Wildman–Crippen MR) is 74.9 cm³/mol. The first-order chi connectivity index (χ1) is 9.11. The van der Waals surface area contributed by atoms with Crippen LogP contribution in [0.4, 0.5) is 0 Å². The van der Waals surface area contributed by atoms with E-state index in [2.05, 4.69) is 0 Å². The Kier molecular flexibility index (Phi) is 7.19. The van der Waals surface area contributed by atoms with E-state index in [0.29, 0.717) is 0 Å². The molecule has 0 aliphatic carbocycles. The van der Waals surface area contributed by atoms with Gasteiger partial charge in [0.15, 0.2) is 15.3 Å². The van der Waals surface area contributed by atoms with Gasteiger partial charge in [0, 0.05) is 0 Å². The molecule has 0 heterocycles. The molecule has 0 saturated carbocycles. The van der Waals surface area contributed by atoms with Gasteiger partial charge in [-0.1, -0.05) is 0 Å². The summed E-state index contributed by atoms with van der Waals surface area (Å²) in [5, 5.41) is -0.559. The maximum absolute atomic E-state index is 12.0. The molecule has 0 aliphatic heterocycles. The Morgan fingerprint density at radius 1 is 1.05 bits per heavy atom. The third-order valence-corrected chi connectivity index (χ3v) is 5.27. The molecule has 0 bridgehead atoms. The van der Waals surface area contributed by atoms with Crippen molar-refractivity contribution in [3.63, 3.8) is 0 Å². The number of sulfone groups is 1. The number of ether oxygens (including phenoxy) is 2. The normalized spacial score (nSPS) is 12.3. The van der Waals surface area contributed by atoms with Gasteiger partial charge in [-0.15, -0.1) is 0 Å². The van der Waals surface area contributed by atoms with Crippen LogP contribution >= 0.6 is 0 Å². The van der Waals surface area contributed by atoms with Gasteiger partial charge in [0.2, 0.25) is 0 Å². The fourth-order valence-electron chi connectivity index (χ4n) is 1.45. The molecule has 0 amide bonds. The molecule has 0 fully saturated rings. The number of hydrogen-bond donors (Lipinski definition) is 0. The highest BCUT2D eigenvalue weighted by molar-refractivity contribution is 7.91. The average Bonchev–Trinajstić information content (AvgIpc) is 2.36. The van der Waals surface area contributed by atoms with Crippen LogP contribution in [0.1, 0.15) is 41.0 Å². The molecule has 6 nitrogen and oxygen atoms in total. The molecule has 0 aliphatic rings. The van der Waals surface area contributed by atoms with Gasteiger partial charge in [0.25, 0.3) is 0 Å². The van der Waals surface area contributed by atoms with Crippen LogP contribution in [-0.2, 0) is 28.9 Å². The summed E-state index contributed by atoms with van der Waals surface area (Å²) in [4.78, 5) is 23.9. The highest BCUT2D eigenvalue weighted by Gasteiger charge is 2.45. The summed E-state index contributed by atoms with van der Waals surface area (Å²) in [6.45, 7) is 7.94. The summed E-state index contributed by atoms with van der Waals surface area (Å²) in [5.74, 6) is -1.77. The average molecular weight is 308 g/mol. The maximum atomic E-state index is 12.0. The lowest BCUT2D eigenvalue weighted by molar-refractivity contribution is -0.170. The molecule has 0 radical (unpaired) electrons. The minimum Gasteiger partial charge on any atom is -0.465 e. The lowest BCUT2D eigenvalue weighted by Gasteiger charge is -2.25. The maximum Gasteiger partial charge on any atom is 0.323 e. The van der Waals surface area contributed by atoms with Crippen LogP contribution in [0, 0.1) is 5.41 Å². The monoisotopic (exact) mass is 308 g/mol. The van der Waals surface area contributed by atoms with Crippen molar-refractivity contribution < 1.29 is 27.5 Å². The van der Waals surface area contributed by atoms with Crippen LogP contribution in [0.2, 0.25) is 0 Å². The molecule has 0 atom stereocenters. The van der Waals surface area contributed by atoms with Gasteiger partial charge in [-0.2, -0.15) is 0 Å². The van der Waals surface area contributed by atoms with Gasteiger partial charge in [-0.05, 0) is 41.0 Å². The minimum atomic E-state index is -3.34. The van der Waals surface area contributed by atoms with E-state index in [1.807, 2.05) is 0 Å². The van der Waals surface area contributed by atoms with Gasteiger partial charge in [0.05, 0.1) is 24.2 Å². The second-order valence-electron chi connectivity index (χ2n) is 4.94. The van der Waals surface area contributed by atoms with Gasteiger partial charge >= 0.3 is 11.9 Å². The first kappa shape index (κ1) is 18.9. The second kappa shape index (κ2) is 7.61. The second-order valence-corrected chi connectivity index (χ2v) is 7.62. The molecule has 0 aromatic heterocycles. The molecule has 0 aromatic carbocycles. The Bertz CT molecular complexity index is 420. The Balaban J connectivity index is 5.15. The van der Waals surface area contributed by atoms with Crippen LogP contribution in [0.15, 0.2) is 0 Å². The summed E-state index contributed by atoms with van der Waals surface area (Å²) in [7, 11) is -3.34. The lowest BCUT2D eigenvalue weighted by atomic mass is 9.87. The van der Waals surface area contributed by atoms with Crippen LogP contribution < -0.4 is 0 Å². The summed E-state index contributed by atoms with van der Waals surface area (Å²) >= 11 is 0.